The molecule has 1 aliphatic heterocycles. The molecule has 1 atom stereocenters. The van der Waals surface area contributed by atoms with Gasteiger partial charge in [0.2, 0.25) is 15.9 Å². The van der Waals surface area contributed by atoms with E-state index in [1.807, 2.05) is 0 Å². The number of sulfonamides is 1. The van der Waals surface area contributed by atoms with Gasteiger partial charge in [-0.05, 0) is 6.92 Å². The lowest BCUT2D eigenvalue weighted by Crippen LogP contribution is -2.56. The third-order valence-electron chi connectivity index (χ3n) is 2.11. The molecule has 0 saturated carbocycles. The Morgan fingerprint density at radius 1 is 1.67 bits per heavy atom. The third-order valence-corrected chi connectivity index (χ3v) is 3.93. The summed E-state index contributed by atoms with van der Waals surface area (Å²) in [4.78, 5) is 21.5. The first-order valence-electron chi connectivity index (χ1n) is 4.33. The van der Waals surface area contributed by atoms with Crippen LogP contribution in [0.1, 0.15) is 6.92 Å². The molecule has 0 bridgehead atoms. The van der Waals surface area contributed by atoms with Crippen LogP contribution in [0.25, 0.3) is 0 Å². The van der Waals surface area contributed by atoms with E-state index in [1.165, 1.54) is 6.92 Å². The number of carboxylic acid groups (broad SMARTS) is 1. The monoisotopic (exact) mass is 236 g/mol. The Labute approximate surface area is 87.1 Å². The van der Waals surface area contributed by atoms with Gasteiger partial charge >= 0.3 is 5.97 Å². The number of aliphatic carboxylic acids is 1. The number of carbonyl (C=O) groups excluding carboxylic acids is 1. The van der Waals surface area contributed by atoms with Gasteiger partial charge in [-0.3, -0.25) is 9.59 Å². The number of carbonyl (C=O) groups is 2. The van der Waals surface area contributed by atoms with Crippen LogP contribution in [0.5, 0.6) is 0 Å². The highest BCUT2D eigenvalue weighted by Crippen LogP contribution is 2.10. The molecule has 1 aliphatic rings. The molecule has 1 heterocycles. The van der Waals surface area contributed by atoms with Crippen molar-refractivity contribution in [1.29, 1.82) is 0 Å². The summed E-state index contributed by atoms with van der Waals surface area (Å²) in [6.45, 7) is 1.75. The van der Waals surface area contributed by atoms with E-state index in [2.05, 4.69) is 5.32 Å². The van der Waals surface area contributed by atoms with Crippen LogP contribution >= 0.6 is 0 Å². The zero-order valence-electron chi connectivity index (χ0n) is 8.13. The molecular weight excluding hydrogens is 224 g/mol. The number of nitrogens with one attached hydrogen (secondary N) is 1. The molecular formula is C7H12N2O5S. The SMILES string of the molecule is CC1C(=O)NCCN1S(=O)(=O)CC(=O)O. The Balaban J connectivity index is 2.86. The first kappa shape index (κ1) is 11.9. The number of hydrogen-bond donors (Lipinski definition) is 2. The molecule has 1 fully saturated rings. The molecule has 0 aromatic rings. The van der Waals surface area contributed by atoms with E-state index in [0.29, 0.717) is 0 Å². The highest BCUT2D eigenvalue weighted by atomic mass is 32.2. The Morgan fingerprint density at radius 2 is 2.27 bits per heavy atom. The fraction of sp³-hybridized carbons (Fsp3) is 0.714. The van der Waals surface area contributed by atoms with E-state index < -0.39 is 33.7 Å². The van der Waals surface area contributed by atoms with Crippen LogP contribution in [-0.4, -0.2) is 54.6 Å². The third kappa shape index (κ3) is 2.66. The molecule has 0 radical (unpaired) electrons. The lowest BCUT2D eigenvalue weighted by Gasteiger charge is -2.31. The summed E-state index contributed by atoms with van der Waals surface area (Å²) >= 11 is 0. The summed E-state index contributed by atoms with van der Waals surface area (Å²) in [5.74, 6) is -2.81. The van der Waals surface area contributed by atoms with Crippen molar-refractivity contribution < 1.29 is 23.1 Å². The highest BCUT2D eigenvalue weighted by molar-refractivity contribution is 7.89. The molecule has 15 heavy (non-hydrogen) atoms. The highest BCUT2D eigenvalue weighted by Gasteiger charge is 2.35. The second-order valence-electron chi connectivity index (χ2n) is 3.23. The van der Waals surface area contributed by atoms with Gasteiger partial charge in [0.15, 0.2) is 5.75 Å². The average molecular weight is 236 g/mol. The van der Waals surface area contributed by atoms with Crippen LogP contribution in [-0.2, 0) is 19.6 Å². The van der Waals surface area contributed by atoms with Crippen molar-refractivity contribution in [3.8, 4) is 0 Å². The summed E-state index contributed by atoms with van der Waals surface area (Å²) in [6.07, 6.45) is 0. The molecule has 0 spiro atoms. The second kappa shape index (κ2) is 4.15. The Bertz CT molecular complexity index is 377. The lowest BCUT2D eigenvalue weighted by molar-refractivity contribution is -0.134. The second-order valence-corrected chi connectivity index (χ2v) is 5.15. The largest absolute Gasteiger partial charge is 0.480 e. The standard InChI is InChI=1S/C7H12N2O5S/c1-5-7(12)8-2-3-9(5)15(13,14)4-6(10)11/h5H,2-4H2,1H3,(H,8,12)(H,10,11). The van der Waals surface area contributed by atoms with E-state index in [9.17, 15) is 18.0 Å². The van der Waals surface area contributed by atoms with Crippen LogP contribution in [0.2, 0.25) is 0 Å². The predicted molar refractivity (Wildman–Crippen MR) is 50.6 cm³/mol. The summed E-state index contributed by atoms with van der Waals surface area (Å²) in [7, 11) is -3.89. The fourth-order valence-electron chi connectivity index (χ4n) is 1.38. The van der Waals surface area contributed by atoms with Gasteiger partial charge in [-0.25, -0.2) is 8.42 Å². The van der Waals surface area contributed by atoms with E-state index in [1.54, 1.807) is 0 Å². The smallest absolute Gasteiger partial charge is 0.320 e. The van der Waals surface area contributed by atoms with Crippen molar-refractivity contribution in [2.45, 2.75) is 13.0 Å². The number of piperazine rings is 1. The quantitative estimate of drug-likeness (QED) is 0.603. The lowest BCUT2D eigenvalue weighted by atomic mass is 10.2. The van der Waals surface area contributed by atoms with Gasteiger partial charge < -0.3 is 10.4 Å². The molecule has 1 rings (SSSR count). The Hall–Kier alpha value is -1.15. The van der Waals surface area contributed by atoms with Crippen LogP contribution < -0.4 is 5.32 Å². The Morgan fingerprint density at radius 3 is 2.80 bits per heavy atom. The molecule has 2 N–H and O–H groups in total. The van der Waals surface area contributed by atoms with E-state index in [-0.39, 0.29) is 13.1 Å². The molecule has 7 nitrogen and oxygen atoms in total. The first-order chi connectivity index (χ1) is 6.84. The van der Waals surface area contributed by atoms with E-state index in [4.69, 9.17) is 5.11 Å². The van der Waals surface area contributed by atoms with E-state index in [0.717, 1.165) is 4.31 Å². The number of hydrogen-bond acceptors (Lipinski definition) is 4. The normalized spacial score (nSPS) is 23.5. The number of carboxylic acids is 1. The molecule has 1 unspecified atom stereocenters. The predicted octanol–water partition coefficient (Wildman–Crippen LogP) is -1.78. The number of amides is 1. The minimum Gasteiger partial charge on any atom is -0.480 e. The first-order valence-corrected chi connectivity index (χ1v) is 5.94. The van der Waals surface area contributed by atoms with Gasteiger partial charge in [0, 0.05) is 13.1 Å². The van der Waals surface area contributed by atoms with Crippen molar-refractivity contribution in [3.63, 3.8) is 0 Å². The summed E-state index contributed by atoms with van der Waals surface area (Å²) in [5, 5.41) is 10.9. The zero-order valence-corrected chi connectivity index (χ0v) is 8.95. The van der Waals surface area contributed by atoms with Gasteiger partial charge in [-0.15, -0.1) is 0 Å². The van der Waals surface area contributed by atoms with Gasteiger partial charge in [-0.2, -0.15) is 4.31 Å². The van der Waals surface area contributed by atoms with Crippen LogP contribution in [0.15, 0.2) is 0 Å². The Kier molecular flexibility index (Phi) is 3.30. The topological polar surface area (TPSA) is 104 Å². The van der Waals surface area contributed by atoms with Gasteiger partial charge in [0.05, 0.1) is 0 Å². The molecule has 0 aliphatic carbocycles. The number of nitrogens with zero attached hydrogens (tertiary/aromatic N) is 1. The maximum Gasteiger partial charge on any atom is 0.320 e. The van der Waals surface area contributed by atoms with Crippen molar-refractivity contribution >= 4 is 21.9 Å². The van der Waals surface area contributed by atoms with Gasteiger partial charge in [-0.1, -0.05) is 0 Å². The van der Waals surface area contributed by atoms with Crippen LogP contribution in [0.4, 0.5) is 0 Å². The molecule has 0 aromatic carbocycles. The van der Waals surface area contributed by atoms with Crippen molar-refractivity contribution in [2.24, 2.45) is 0 Å². The molecule has 1 saturated heterocycles. The van der Waals surface area contributed by atoms with Crippen molar-refractivity contribution in [1.82, 2.24) is 9.62 Å². The van der Waals surface area contributed by atoms with Crippen molar-refractivity contribution in [3.05, 3.63) is 0 Å². The minimum absolute atomic E-state index is 0.114. The van der Waals surface area contributed by atoms with E-state index >= 15 is 0 Å². The maximum absolute atomic E-state index is 11.5. The van der Waals surface area contributed by atoms with Gasteiger partial charge in [0.25, 0.3) is 0 Å². The van der Waals surface area contributed by atoms with Crippen molar-refractivity contribution in [2.75, 3.05) is 18.8 Å². The summed E-state index contributed by atoms with van der Waals surface area (Å²) in [6, 6.07) is -0.844. The van der Waals surface area contributed by atoms with Crippen LogP contribution in [0, 0.1) is 0 Å². The maximum atomic E-state index is 11.5. The number of rotatable bonds is 3. The molecule has 8 heteroatoms. The van der Waals surface area contributed by atoms with Crippen LogP contribution in [0.3, 0.4) is 0 Å². The van der Waals surface area contributed by atoms with Gasteiger partial charge in [0.1, 0.15) is 6.04 Å². The summed E-state index contributed by atoms with van der Waals surface area (Å²) < 4.78 is 24.0. The molecule has 0 aromatic heterocycles. The molecule has 1 amide bonds. The minimum atomic E-state index is -3.89. The summed E-state index contributed by atoms with van der Waals surface area (Å²) in [5.41, 5.74) is 0. The fourth-order valence-corrected chi connectivity index (χ4v) is 2.81. The molecule has 86 valence electrons. The zero-order chi connectivity index (χ0) is 11.6. The average Bonchev–Trinajstić information content (AvgIpc) is 2.07.